The van der Waals surface area contributed by atoms with Crippen LogP contribution in [-0.4, -0.2) is 21.4 Å². The molecule has 0 aliphatic carbocycles. The summed E-state index contributed by atoms with van der Waals surface area (Å²) in [6, 6.07) is 1.94. The van der Waals surface area contributed by atoms with Crippen LogP contribution in [0.4, 0.5) is 5.95 Å². The standard InChI is InChI=1S/C12H20N4O/c1-7(2)9-6-8(3)14-11(15-9)16-12(4,5)10(13)17/h6-7H,1-5H3,(H2,13,17)(H,14,15,16). The minimum Gasteiger partial charge on any atom is -0.368 e. The Hall–Kier alpha value is -1.65. The molecular weight excluding hydrogens is 216 g/mol. The molecular formula is C12H20N4O. The molecule has 0 unspecified atom stereocenters. The van der Waals surface area contributed by atoms with Gasteiger partial charge < -0.3 is 11.1 Å². The number of primary amides is 1. The lowest BCUT2D eigenvalue weighted by Crippen LogP contribution is -2.45. The van der Waals surface area contributed by atoms with Crippen LogP contribution in [0.2, 0.25) is 0 Å². The van der Waals surface area contributed by atoms with Gasteiger partial charge in [-0.1, -0.05) is 13.8 Å². The van der Waals surface area contributed by atoms with E-state index in [0.29, 0.717) is 11.9 Å². The molecule has 0 aliphatic rings. The van der Waals surface area contributed by atoms with Gasteiger partial charge in [0.15, 0.2) is 0 Å². The van der Waals surface area contributed by atoms with Crippen LogP contribution in [0.15, 0.2) is 6.07 Å². The number of carbonyl (C=O) groups excluding carboxylic acids is 1. The highest BCUT2D eigenvalue weighted by Crippen LogP contribution is 2.16. The third kappa shape index (κ3) is 3.41. The highest BCUT2D eigenvalue weighted by Gasteiger charge is 2.25. The summed E-state index contributed by atoms with van der Waals surface area (Å²) in [5, 5.41) is 2.96. The number of nitrogens with two attached hydrogens (primary N) is 1. The highest BCUT2D eigenvalue weighted by atomic mass is 16.1. The smallest absolute Gasteiger partial charge is 0.242 e. The summed E-state index contributed by atoms with van der Waals surface area (Å²) < 4.78 is 0. The van der Waals surface area contributed by atoms with Crippen molar-refractivity contribution < 1.29 is 4.79 Å². The van der Waals surface area contributed by atoms with E-state index in [1.807, 2.05) is 13.0 Å². The predicted molar refractivity (Wildman–Crippen MR) is 67.8 cm³/mol. The van der Waals surface area contributed by atoms with Gasteiger partial charge in [0.05, 0.1) is 0 Å². The number of nitrogens with zero attached hydrogens (tertiary/aromatic N) is 2. The third-order valence-corrected chi connectivity index (χ3v) is 2.51. The fraction of sp³-hybridized carbons (Fsp3) is 0.583. The average Bonchev–Trinajstić information content (AvgIpc) is 2.15. The Labute approximate surface area is 102 Å². The molecule has 1 amide bonds. The number of rotatable bonds is 4. The fourth-order valence-corrected chi connectivity index (χ4v) is 1.29. The lowest BCUT2D eigenvalue weighted by atomic mass is 10.1. The molecule has 0 bridgehead atoms. The second-order valence-electron chi connectivity index (χ2n) is 5.03. The summed E-state index contributed by atoms with van der Waals surface area (Å²) >= 11 is 0. The first-order valence-electron chi connectivity index (χ1n) is 5.66. The number of hydrogen-bond donors (Lipinski definition) is 2. The Morgan fingerprint density at radius 2 is 2.00 bits per heavy atom. The number of anilines is 1. The largest absolute Gasteiger partial charge is 0.368 e. The van der Waals surface area contributed by atoms with E-state index in [0.717, 1.165) is 11.4 Å². The number of amides is 1. The molecule has 94 valence electrons. The summed E-state index contributed by atoms with van der Waals surface area (Å²) in [6.45, 7) is 9.43. The van der Waals surface area contributed by atoms with Gasteiger partial charge in [-0.25, -0.2) is 9.97 Å². The second kappa shape index (κ2) is 4.69. The lowest BCUT2D eigenvalue weighted by molar-refractivity contribution is -0.121. The van der Waals surface area contributed by atoms with Gasteiger partial charge in [-0.2, -0.15) is 0 Å². The number of nitrogens with one attached hydrogen (secondary N) is 1. The van der Waals surface area contributed by atoms with Gasteiger partial charge in [-0.15, -0.1) is 0 Å². The van der Waals surface area contributed by atoms with Crippen molar-refractivity contribution in [3.63, 3.8) is 0 Å². The van der Waals surface area contributed by atoms with Gasteiger partial charge in [0.2, 0.25) is 11.9 Å². The molecule has 5 nitrogen and oxygen atoms in total. The van der Waals surface area contributed by atoms with Crippen LogP contribution < -0.4 is 11.1 Å². The van der Waals surface area contributed by atoms with Gasteiger partial charge in [0.25, 0.3) is 0 Å². The van der Waals surface area contributed by atoms with E-state index in [1.54, 1.807) is 13.8 Å². The molecule has 0 atom stereocenters. The van der Waals surface area contributed by atoms with E-state index < -0.39 is 11.4 Å². The SMILES string of the molecule is Cc1cc(C(C)C)nc(NC(C)(C)C(N)=O)n1. The average molecular weight is 236 g/mol. The predicted octanol–water partition coefficient (Wildman–Crippen LogP) is 1.58. The molecule has 1 aromatic rings. The van der Waals surface area contributed by atoms with Gasteiger partial charge in [-0.3, -0.25) is 4.79 Å². The Morgan fingerprint density at radius 3 is 2.47 bits per heavy atom. The van der Waals surface area contributed by atoms with E-state index >= 15 is 0 Å². The van der Waals surface area contributed by atoms with Crippen molar-refractivity contribution in [3.8, 4) is 0 Å². The molecule has 0 aromatic carbocycles. The van der Waals surface area contributed by atoms with Gasteiger partial charge in [0, 0.05) is 11.4 Å². The summed E-state index contributed by atoms with van der Waals surface area (Å²) in [5.74, 6) is 0.320. The van der Waals surface area contributed by atoms with E-state index in [-0.39, 0.29) is 0 Å². The van der Waals surface area contributed by atoms with Crippen molar-refractivity contribution in [2.75, 3.05) is 5.32 Å². The van der Waals surface area contributed by atoms with E-state index in [4.69, 9.17) is 5.73 Å². The molecule has 1 rings (SSSR count). The van der Waals surface area contributed by atoms with Crippen LogP contribution >= 0.6 is 0 Å². The van der Waals surface area contributed by atoms with Crippen LogP contribution in [-0.2, 0) is 4.79 Å². The first-order chi connectivity index (χ1) is 7.72. The van der Waals surface area contributed by atoms with Crippen LogP contribution in [0.25, 0.3) is 0 Å². The Balaban J connectivity index is 3.03. The highest BCUT2D eigenvalue weighted by molar-refractivity contribution is 5.86. The van der Waals surface area contributed by atoms with Crippen molar-refractivity contribution in [3.05, 3.63) is 17.5 Å². The van der Waals surface area contributed by atoms with Crippen molar-refractivity contribution in [2.24, 2.45) is 5.73 Å². The molecule has 0 saturated carbocycles. The Kier molecular flexibility index (Phi) is 3.70. The van der Waals surface area contributed by atoms with E-state index in [1.165, 1.54) is 0 Å². The normalized spacial score (nSPS) is 11.6. The van der Waals surface area contributed by atoms with Crippen LogP contribution in [0, 0.1) is 6.92 Å². The summed E-state index contributed by atoms with van der Waals surface area (Å²) in [4.78, 5) is 19.9. The zero-order valence-corrected chi connectivity index (χ0v) is 11.0. The maximum atomic E-state index is 11.2. The molecule has 5 heteroatoms. The third-order valence-electron chi connectivity index (χ3n) is 2.51. The first-order valence-corrected chi connectivity index (χ1v) is 5.66. The van der Waals surface area contributed by atoms with Crippen molar-refractivity contribution in [2.45, 2.75) is 46.1 Å². The number of hydrogen-bond acceptors (Lipinski definition) is 4. The maximum absolute atomic E-state index is 11.2. The zero-order chi connectivity index (χ0) is 13.2. The molecule has 0 radical (unpaired) electrons. The van der Waals surface area contributed by atoms with Crippen molar-refractivity contribution in [1.82, 2.24) is 9.97 Å². The summed E-state index contributed by atoms with van der Waals surface area (Å²) in [6.07, 6.45) is 0. The fourth-order valence-electron chi connectivity index (χ4n) is 1.29. The molecule has 17 heavy (non-hydrogen) atoms. The molecule has 0 aliphatic heterocycles. The molecule has 0 spiro atoms. The number of aromatic nitrogens is 2. The van der Waals surface area contributed by atoms with Gasteiger partial charge in [-0.05, 0) is 32.8 Å². The minimum absolute atomic E-state index is 0.314. The summed E-state index contributed by atoms with van der Waals surface area (Å²) in [5.41, 5.74) is 6.25. The molecule has 1 aromatic heterocycles. The second-order valence-corrected chi connectivity index (χ2v) is 5.03. The molecule has 0 saturated heterocycles. The zero-order valence-electron chi connectivity index (χ0n) is 11.0. The molecule has 0 fully saturated rings. The van der Waals surface area contributed by atoms with Crippen LogP contribution in [0.5, 0.6) is 0 Å². The summed E-state index contributed by atoms with van der Waals surface area (Å²) in [7, 11) is 0. The minimum atomic E-state index is -0.859. The van der Waals surface area contributed by atoms with Crippen molar-refractivity contribution in [1.29, 1.82) is 0 Å². The van der Waals surface area contributed by atoms with Gasteiger partial charge in [0.1, 0.15) is 5.54 Å². The Morgan fingerprint density at radius 1 is 1.41 bits per heavy atom. The topological polar surface area (TPSA) is 80.9 Å². The first kappa shape index (κ1) is 13.4. The maximum Gasteiger partial charge on any atom is 0.242 e. The monoisotopic (exact) mass is 236 g/mol. The molecule has 1 heterocycles. The Bertz CT molecular complexity index is 427. The molecule has 3 N–H and O–H groups in total. The number of aryl methyl sites for hydroxylation is 1. The van der Waals surface area contributed by atoms with Gasteiger partial charge >= 0.3 is 0 Å². The quantitative estimate of drug-likeness (QED) is 0.831. The van der Waals surface area contributed by atoms with E-state index in [9.17, 15) is 4.79 Å². The van der Waals surface area contributed by atoms with Crippen molar-refractivity contribution >= 4 is 11.9 Å². The van der Waals surface area contributed by atoms with Crippen LogP contribution in [0.1, 0.15) is 45.0 Å². The number of carbonyl (C=O) groups is 1. The van der Waals surface area contributed by atoms with E-state index in [2.05, 4.69) is 29.1 Å². The van der Waals surface area contributed by atoms with Crippen LogP contribution in [0.3, 0.4) is 0 Å². The lowest BCUT2D eigenvalue weighted by Gasteiger charge is -2.22.